The molecule has 3 rings (SSSR count). The third-order valence-electron chi connectivity index (χ3n) is 3.74. The number of hydrogen-bond donors (Lipinski definition) is 4. The first-order chi connectivity index (χ1) is 12.9. The molecule has 0 atom stereocenters. The lowest BCUT2D eigenvalue weighted by molar-refractivity contribution is 0.0696. The molecular weight excluding hydrogens is 366 g/mol. The molecule has 0 aliphatic carbocycles. The lowest BCUT2D eigenvalue weighted by Gasteiger charge is -2.17. The number of hydrogen-bond acceptors (Lipinski definition) is 5. The highest BCUT2D eigenvalue weighted by Crippen LogP contribution is 2.33. The Morgan fingerprint density at radius 2 is 1.44 bits per heavy atom. The van der Waals surface area contributed by atoms with Crippen molar-refractivity contribution < 1.29 is 18.3 Å². The van der Waals surface area contributed by atoms with Gasteiger partial charge in [-0.25, -0.2) is 13.2 Å². The molecule has 0 unspecified atom stereocenters. The van der Waals surface area contributed by atoms with Crippen LogP contribution in [0.5, 0.6) is 0 Å². The zero-order valence-electron chi connectivity index (χ0n) is 14.1. The standard InChI is InChI=1S/C19H17N3O4S/c20-16-11-13(19(23)24)12-17(18(16)21-14-7-3-1-4-8-14)27(25,26)22-15-9-5-2-6-10-15/h1-12,21-22H,20H2,(H,23,24). The van der Waals surface area contributed by atoms with E-state index < -0.39 is 16.0 Å². The molecule has 0 saturated heterocycles. The fourth-order valence-corrected chi connectivity index (χ4v) is 3.76. The number of carboxylic acids is 1. The van der Waals surface area contributed by atoms with Gasteiger partial charge in [0.15, 0.2) is 0 Å². The summed E-state index contributed by atoms with van der Waals surface area (Å²) in [7, 11) is -4.10. The summed E-state index contributed by atoms with van der Waals surface area (Å²) in [6, 6.07) is 19.5. The molecule has 0 amide bonds. The number of carbonyl (C=O) groups is 1. The van der Waals surface area contributed by atoms with Crippen LogP contribution in [0.4, 0.5) is 22.7 Å². The third-order valence-corrected chi connectivity index (χ3v) is 5.14. The normalized spacial score (nSPS) is 11.0. The molecule has 0 heterocycles. The van der Waals surface area contributed by atoms with Gasteiger partial charge in [0, 0.05) is 11.4 Å². The SMILES string of the molecule is Nc1cc(C(=O)O)cc(S(=O)(=O)Nc2ccccc2)c1Nc1ccccc1. The molecule has 0 aromatic heterocycles. The summed E-state index contributed by atoms with van der Waals surface area (Å²) < 4.78 is 28.3. The summed E-state index contributed by atoms with van der Waals surface area (Å²) in [6.07, 6.45) is 0. The van der Waals surface area contributed by atoms with Crippen molar-refractivity contribution in [1.82, 2.24) is 0 Å². The number of nitrogens with one attached hydrogen (secondary N) is 2. The van der Waals surface area contributed by atoms with Gasteiger partial charge in [0.2, 0.25) is 0 Å². The Bertz CT molecular complexity index is 1070. The molecule has 0 aliphatic heterocycles. The van der Waals surface area contributed by atoms with Gasteiger partial charge in [-0.3, -0.25) is 4.72 Å². The maximum absolute atomic E-state index is 12.9. The summed E-state index contributed by atoms with van der Waals surface area (Å²) in [4.78, 5) is 11.1. The summed E-state index contributed by atoms with van der Waals surface area (Å²) in [5, 5.41) is 12.2. The van der Waals surface area contributed by atoms with Gasteiger partial charge >= 0.3 is 5.97 Å². The summed E-state index contributed by atoms with van der Waals surface area (Å²) in [5.74, 6) is -1.27. The van der Waals surface area contributed by atoms with Crippen LogP contribution >= 0.6 is 0 Å². The number of carboxylic acid groups (broad SMARTS) is 1. The Morgan fingerprint density at radius 1 is 0.889 bits per heavy atom. The smallest absolute Gasteiger partial charge is 0.335 e. The van der Waals surface area contributed by atoms with Crippen molar-refractivity contribution in [2.24, 2.45) is 0 Å². The first-order valence-corrected chi connectivity index (χ1v) is 9.42. The van der Waals surface area contributed by atoms with Crippen LogP contribution in [-0.4, -0.2) is 19.5 Å². The van der Waals surface area contributed by atoms with Crippen molar-refractivity contribution in [1.29, 1.82) is 0 Å². The van der Waals surface area contributed by atoms with E-state index in [9.17, 15) is 18.3 Å². The molecule has 0 bridgehead atoms. The first kappa shape index (κ1) is 18.3. The van der Waals surface area contributed by atoms with E-state index in [1.807, 2.05) is 6.07 Å². The van der Waals surface area contributed by atoms with Crippen LogP contribution in [0.15, 0.2) is 77.7 Å². The number of aromatic carboxylic acids is 1. The number of nitrogen functional groups attached to an aromatic ring is 1. The van der Waals surface area contributed by atoms with Gasteiger partial charge in [-0.15, -0.1) is 0 Å². The van der Waals surface area contributed by atoms with Crippen molar-refractivity contribution in [3.05, 3.63) is 78.4 Å². The molecule has 3 aromatic rings. The third kappa shape index (κ3) is 4.18. The molecule has 0 spiro atoms. The van der Waals surface area contributed by atoms with E-state index in [2.05, 4.69) is 10.0 Å². The Kier molecular flexibility index (Phi) is 5.00. The number of benzene rings is 3. The Balaban J connectivity index is 2.12. The van der Waals surface area contributed by atoms with E-state index in [4.69, 9.17) is 5.73 Å². The molecule has 3 aromatic carbocycles. The Morgan fingerprint density at radius 3 is 2.00 bits per heavy atom. The van der Waals surface area contributed by atoms with Crippen LogP contribution in [-0.2, 0) is 10.0 Å². The van der Waals surface area contributed by atoms with Gasteiger partial charge in [0.05, 0.1) is 16.9 Å². The van der Waals surface area contributed by atoms with Gasteiger partial charge in [-0.2, -0.15) is 0 Å². The predicted octanol–water partition coefficient (Wildman–Crippen LogP) is 3.51. The van der Waals surface area contributed by atoms with Gasteiger partial charge < -0.3 is 16.2 Å². The monoisotopic (exact) mass is 383 g/mol. The van der Waals surface area contributed by atoms with Crippen LogP contribution in [0.2, 0.25) is 0 Å². The second-order valence-corrected chi connectivity index (χ2v) is 7.36. The number of anilines is 4. The zero-order valence-corrected chi connectivity index (χ0v) is 14.9. The van der Waals surface area contributed by atoms with E-state index in [-0.39, 0.29) is 21.8 Å². The lowest BCUT2D eigenvalue weighted by atomic mass is 10.1. The van der Waals surface area contributed by atoms with Gasteiger partial charge in [-0.05, 0) is 36.4 Å². The number of rotatable bonds is 6. The van der Waals surface area contributed by atoms with Crippen LogP contribution < -0.4 is 15.8 Å². The average molecular weight is 383 g/mol. The molecule has 27 heavy (non-hydrogen) atoms. The molecule has 138 valence electrons. The summed E-state index contributed by atoms with van der Waals surface area (Å²) in [5.41, 5.74) is 6.83. The molecule has 0 fully saturated rings. The highest BCUT2D eigenvalue weighted by molar-refractivity contribution is 7.93. The summed E-state index contributed by atoms with van der Waals surface area (Å²) in [6.45, 7) is 0. The molecule has 0 saturated carbocycles. The van der Waals surface area contributed by atoms with Gasteiger partial charge in [0.1, 0.15) is 4.90 Å². The highest BCUT2D eigenvalue weighted by atomic mass is 32.2. The highest BCUT2D eigenvalue weighted by Gasteiger charge is 2.24. The minimum atomic E-state index is -4.10. The van der Waals surface area contributed by atoms with E-state index in [0.29, 0.717) is 11.4 Å². The van der Waals surface area contributed by atoms with Crippen molar-refractivity contribution in [2.75, 3.05) is 15.8 Å². The van der Waals surface area contributed by atoms with Crippen molar-refractivity contribution in [3.8, 4) is 0 Å². The van der Waals surface area contributed by atoms with Crippen LogP contribution in [0.25, 0.3) is 0 Å². The van der Waals surface area contributed by atoms with Gasteiger partial charge in [0.25, 0.3) is 10.0 Å². The predicted molar refractivity (Wildman–Crippen MR) is 105 cm³/mol. The average Bonchev–Trinajstić information content (AvgIpc) is 2.64. The van der Waals surface area contributed by atoms with Crippen molar-refractivity contribution in [2.45, 2.75) is 4.90 Å². The maximum atomic E-state index is 12.9. The molecule has 0 radical (unpaired) electrons. The first-order valence-electron chi connectivity index (χ1n) is 7.93. The van der Waals surface area contributed by atoms with E-state index in [1.54, 1.807) is 54.6 Å². The fourth-order valence-electron chi connectivity index (χ4n) is 2.49. The Labute approximate surface area is 156 Å². The largest absolute Gasteiger partial charge is 0.478 e. The van der Waals surface area contributed by atoms with Crippen LogP contribution in [0, 0.1) is 0 Å². The molecular formula is C19H17N3O4S. The minimum Gasteiger partial charge on any atom is -0.478 e. The second-order valence-electron chi connectivity index (χ2n) is 5.71. The van der Waals surface area contributed by atoms with E-state index in [0.717, 1.165) is 6.07 Å². The number of para-hydroxylation sites is 2. The molecule has 8 heteroatoms. The van der Waals surface area contributed by atoms with Crippen molar-refractivity contribution in [3.63, 3.8) is 0 Å². The van der Waals surface area contributed by atoms with Gasteiger partial charge in [-0.1, -0.05) is 36.4 Å². The van der Waals surface area contributed by atoms with Crippen molar-refractivity contribution >= 4 is 38.7 Å². The maximum Gasteiger partial charge on any atom is 0.335 e. The topological polar surface area (TPSA) is 122 Å². The Hall–Kier alpha value is -3.52. The second kappa shape index (κ2) is 7.38. The van der Waals surface area contributed by atoms with Crippen LogP contribution in [0.3, 0.4) is 0 Å². The minimum absolute atomic E-state index is 0.00666. The number of nitrogens with two attached hydrogens (primary N) is 1. The van der Waals surface area contributed by atoms with Crippen LogP contribution in [0.1, 0.15) is 10.4 Å². The number of sulfonamides is 1. The molecule has 7 nitrogen and oxygen atoms in total. The zero-order chi connectivity index (χ0) is 19.4. The molecule has 5 N–H and O–H groups in total. The van der Waals surface area contributed by atoms with E-state index in [1.165, 1.54) is 6.07 Å². The quantitative estimate of drug-likeness (QED) is 0.483. The van der Waals surface area contributed by atoms with E-state index >= 15 is 0 Å². The molecule has 0 aliphatic rings. The lowest BCUT2D eigenvalue weighted by Crippen LogP contribution is -2.17. The fraction of sp³-hybridized carbons (Fsp3) is 0. The summed E-state index contributed by atoms with van der Waals surface area (Å²) >= 11 is 0.